The van der Waals surface area contributed by atoms with Crippen LogP contribution in [0.3, 0.4) is 0 Å². The smallest absolute Gasteiger partial charge is 0.0507 e. The molecule has 0 aliphatic carbocycles. The highest BCUT2D eigenvalue weighted by molar-refractivity contribution is 5.30. The number of rotatable bonds is 4. The molecule has 2 aliphatic heterocycles. The van der Waals surface area contributed by atoms with Crippen LogP contribution in [0.25, 0.3) is 0 Å². The van der Waals surface area contributed by atoms with Gasteiger partial charge in [0.2, 0.25) is 0 Å². The second-order valence-electron chi connectivity index (χ2n) is 5.84. The standard InChI is InChI=1S/C16H24N2O/c1-17-9-16-8-14-4-2-3-5-15(14)11-18(16)10-13-6-7-19-12-13/h2-5,13,16-17H,6-12H2,1H3. The summed E-state index contributed by atoms with van der Waals surface area (Å²) < 4.78 is 5.52. The Morgan fingerprint density at radius 2 is 2.16 bits per heavy atom. The second kappa shape index (κ2) is 6.04. The van der Waals surface area contributed by atoms with Gasteiger partial charge in [0.05, 0.1) is 6.61 Å². The number of nitrogens with zero attached hydrogens (tertiary/aromatic N) is 1. The van der Waals surface area contributed by atoms with E-state index in [2.05, 4.69) is 41.5 Å². The Balaban J connectivity index is 1.73. The van der Waals surface area contributed by atoms with E-state index in [-0.39, 0.29) is 0 Å². The molecule has 1 saturated heterocycles. The molecule has 0 aromatic heterocycles. The average molecular weight is 260 g/mol. The van der Waals surface area contributed by atoms with Crippen LogP contribution >= 0.6 is 0 Å². The van der Waals surface area contributed by atoms with E-state index in [0.717, 1.165) is 32.2 Å². The third-order valence-electron chi connectivity index (χ3n) is 4.42. The molecule has 3 heteroatoms. The highest BCUT2D eigenvalue weighted by atomic mass is 16.5. The number of fused-ring (bicyclic) bond motifs is 1. The molecule has 3 nitrogen and oxygen atoms in total. The van der Waals surface area contributed by atoms with E-state index in [4.69, 9.17) is 4.74 Å². The Labute approximate surface area is 115 Å². The normalized spacial score (nSPS) is 27.4. The lowest BCUT2D eigenvalue weighted by Crippen LogP contribution is -2.47. The summed E-state index contributed by atoms with van der Waals surface area (Å²) in [5.74, 6) is 0.726. The minimum atomic E-state index is 0.625. The van der Waals surface area contributed by atoms with Crippen molar-refractivity contribution in [1.29, 1.82) is 0 Å². The van der Waals surface area contributed by atoms with Crippen molar-refractivity contribution < 1.29 is 4.74 Å². The zero-order valence-corrected chi connectivity index (χ0v) is 11.8. The van der Waals surface area contributed by atoms with Gasteiger partial charge in [0.15, 0.2) is 0 Å². The molecule has 0 bridgehead atoms. The first-order chi connectivity index (χ1) is 9.36. The number of nitrogens with one attached hydrogen (secondary N) is 1. The van der Waals surface area contributed by atoms with Crippen molar-refractivity contribution in [3.05, 3.63) is 35.4 Å². The molecule has 0 spiro atoms. The molecular weight excluding hydrogens is 236 g/mol. The molecule has 2 unspecified atom stereocenters. The molecule has 0 radical (unpaired) electrons. The zero-order chi connectivity index (χ0) is 13.1. The van der Waals surface area contributed by atoms with Crippen molar-refractivity contribution in [3.8, 4) is 0 Å². The SMILES string of the molecule is CNCC1Cc2ccccc2CN1CC1CCOC1. The van der Waals surface area contributed by atoms with E-state index >= 15 is 0 Å². The van der Waals surface area contributed by atoms with Gasteiger partial charge in [-0.25, -0.2) is 0 Å². The maximum absolute atomic E-state index is 5.52. The first-order valence-corrected chi connectivity index (χ1v) is 7.40. The van der Waals surface area contributed by atoms with Gasteiger partial charge >= 0.3 is 0 Å². The topological polar surface area (TPSA) is 24.5 Å². The van der Waals surface area contributed by atoms with E-state index in [9.17, 15) is 0 Å². The van der Waals surface area contributed by atoms with Crippen LogP contribution in [0.5, 0.6) is 0 Å². The van der Waals surface area contributed by atoms with Gasteiger partial charge in [-0.05, 0) is 36.9 Å². The van der Waals surface area contributed by atoms with E-state index in [0.29, 0.717) is 6.04 Å². The Kier molecular flexibility index (Phi) is 4.16. The van der Waals surface area contributed by atoms with Gasteiger partial charge in [-0.3, -0.25) is 4.90 Å². The van der Waals surface area contributed by atoms with Gasteiger partial charge in [-0.1, -0.05) is 24.3 Å². The lowest BCUT2D eigenvalue weighted by atomic mass is 9.92. The molecule has 104 valence electrons. The van der Waals surface area contributed by atoms with Crippen LogP contribution in [0, 0.1) is 5.92 Å². The summed E-state index contributed by atoms with van der Waals surface area (Å²) in [5, 5.41) is 3.35. The first kappa shape index (κ1) is 13.1. The fourth-order valence-corrected chi connectivity index (χ4v) is 3.35. The molecule has 2 heterocycles. The zero-order valence-electron chi connectivity index (χ0n) is 11.8. The van der Waals surface area contributed by atoms with Crippen molar-refractivity contribution in [3.63, 3.8) is 0 Å². The average Bonchev–Trinajstić information content (AvgIpc) is 2.93. The van der Waals surface area contributed by atoms with Gasteiger partial charge in [0.1, 0.15) is 0 Å². The van der Waals surface area contributed by atoms with E-state index in [1.165, 1.54) is 30.5 Å². The summed E-state index contributed by atoms with van der Waals surface area (Å²) in [7, 11) is 2.05. The van der Waals surface area contributed by atoms with Crippen LogP contribution in [-0.4, -0.2) is 44.3 Å². The summed E-state index contributed by atoms with van der Waals surface area (Å²) in [6.45, 7) is 5.25. The lowest BCUT2D eigenvalue weighted by molar-refractivity contribution is 0.127. The molecule has 1 aromatic rings. The number of ether oxygens (including phenoxy) is 1. The van der Waals surface area contributed by atoms with Crippen molar-refractivity contribution in [2.45, 2.75) is 25.4 Å². The van der Waals surface area contributed by atoms with Crippen LogP contribution in [0.4, 0.5) is 0 Å². The summed E-state index contributed by atoms with van der Waals surface area (Å²) in [4.78, 5) is 2.65. The van der Waals surface area contributed by atoms with Gasteiger partial charge < -0.3 is 10.1 Å². The van der Waals surface area contributed by atoms with Crippen LogP contribution < -0.4 is 5.32 Å². The molecule has 1 aromatic carbocycles. The van der Waals surface area contributed by atoms with Crippen LogP contribution in [0.1, 0.15) is 17.5 Å². The first-order valence-electron chi connectivity index (χ1n) is 7.40. The Hall–Kier alpha value is -0.900. The van der Waals surface area contributed by atoms with Crippen LogP contribution in [0.2, 0.25) is 0 Å². The summed E-state index contributed by atoms with van der Waals surface area (Å²) in [6.07, 6.45) is 2.40. The number of benzene rings is 1. The van der Waals surface area contributed by atoms with Crippen molar-refractivity contribution in [1.82, 2.24) is 10.2 Å². The quantitative estimate of drug-likeness (QED) is 0.891. The molecule has 19 heavy (non-hydrogen) atoms. The van der Waals surface area contributed by atoms with Crippen LogP contribution in [0.15, 0.2) is 24.3 Å². The minimum absolute atomic E-state index is 0.625. The predicted octanol–water partition coefficient (Wildman–Crippen LogP) is 1.67. The summed E-state index contributed by atoms with van der Waals surface area (Å²) in [5.41, 5.74) is 3.04. The Bertz CT molecular complexity index is 415. The molecule has 0 saturated carbocycles. The highest BCUT2D eigenvalue weighted by Crippen LogP contribution is 2.25. The Morgan fingerprint density at radius 1 is 1.32 bits per heavy atom. The number of hydrogen-bond acceptors (Lipinski definition) is 3. The maximum atomic E-state index is 5.52. The van der Waals surface area contributed by atoms with E-state index in [1.807, 2.05) is 0 Å². The monoisotopic (exact) mass is 260 g/mol. The molecule has 0 amide bonds. The molecule has 1 N–H and O–H groups in total. The van der Waals surface area contributed by atoms with Gasteiger partial charge in [0, 0.05) is 32.3 Å². The van der Waals surface area contributed by atoms with Crippen molar-refractivity contribution in [2.24, 2.45) is 5.92 Å². The second-order valence-corrected chi connectivity index (χ2v) is 5.84. The highest BCUT2D eigenvalue weighted by Gasteiger charge is 2.28. The molecule has 2 aliphatic rings. The summed E-state index contributed by atoms with van der Waals surface area (Å²) >= 11 is 0. The number of likely N-dealkylation sites (N-methyl/N-ethyl adjacent to an activating group) is 1. The summed E-state index contributed by atoms with van der Waals surface area (Å²) in [6, 6.07) is 9.52. The van der Waals surface area contributed by atoms with E-state index in [1.54, 1.807) is 0 Å². The maximum Gasteiger partial charge on any atom is 0.0507 e. The molecule has 1 fully saturated rings. The molecule has 3 rings (SSSR count). The fourth-order valence-electron chi connectivity index (χ4n) is 3.35. The van der Waals surface area contributed by atoms with Gasteiger partial charge in [0.25, 0.3) is 0 Å². The molecule has 2 atom stereocenters. The molecular formula is C16H24N2O. The van der Waals surface area contributed by atoms with Gasteiger partial charge in [-0.15, -0.1) is 0 Å². The van der Waals surface area contributed by atoms with E-state index < -0.39 is 0 Å². The fraction of sp³-hybridized carbons (Fsp3) is 0.625. The van der Waals surface area contributed by atoms with Crippen LogP contribution in [-0.2, 0) is 17.7 Å². The third-order valence-corrected chi connectivity index (χ3v) is 4.42. The lowest BCUT2D eigenvalue weighted by Gasteiger charge is -2.38. The van der Waals surface area contributed by atoms with Crippen molar-refractivity contribution >= 4 is 0 Å². The largest absolute Gasteiger partial charge is 0.381 e. The Morgan fingerprint density at radius 3 is 2.89 bits per heavy atom. The van der Waals surface area contributed by atoms with Gasteiger partial charge in [-0.2, -0.15) is 0 Å². The number of hydrogen-bond donors (Lipinski definition) is 1. The minimum Gasteiger partial charge on any atom is -0.381 e. The third kappa shape index (κ3) is 2.99. The van der Waals surface area contributed by atoms with Crippen molar-refractivity contribution in [2.75, 3.05) is 33.4 Å². The predicted molar refractivity (Wildman–Crippen MR) is 77.2 cm³/mol.